The Hall–Kier alpha value is -3.66. The van der Waals surface area contributed by atoms with Crippen LogP contribution in [0, 0.1) is 0 Å². The van der Waals surface area contributed by atoms with Crippen LogP contribution >= 0.6 is 0 Å². The number of nitrogens with zero attached hydrogens (tertiary/aromatic N) is 2. The number of amides is 1. The molecule has 4 heteroatoms. The van der Waals surface area contributed by atoms with E-state index in [1.165, 1.54) is 5.57 Å². The molecule has 4 nitrogen and oxygen atoms in total. The average molecular weight is 394 g/mol. The van der Waals surface area contributed by atoms with E-state index < -0.39 is 5.54 Å². The van der Waals surface area contributed by atoms with Crippen molar-refractivity contribution in [2.24, 2.45) is 4.99 Å². The quantitative estimate of drug-likeness (QED) is 0.535. The van der Waals surface area contributed by atoms with Crippen LogP contribution in [0.4, 0.5) is 11.4 Å². The van der Waals surface area contributed by atoms with E-state index in [1.807, 2.05) is 71.6 Å². The van der Waals surface area contributed by atoms with Crippen LogP contribution in [0.2, 0.25) is 0 Å². The van der Waals surface area contributed by atoms with Gasteiger partial charge in [-0.05, 0) is 62.7 Å². The molecular weight excluding hydrogens is 372 g/mol. The van der Waals surface area contributed by atoms with Crippen molar-refractivity contribution in [3.8, 4) is 11.5 Å². The Kier molecular flexibility index (Phi) is 4.10. The number of hydrogen-bond donors (Lipinski definition) is 0. The van der Waals surface area contributed by atoms with E-state index in [0.29, 0.717) is 5.71 Å². The number of aliphatic imine (C=N–C) groups is 1. The molecular formula is C26H22N2O2. The van der Waals surface area contributed by atoms with E-state index in [0.717, 1.165) is 34.0 Å². The Morgan fingerprint density at radius 2 is 1.50 bits per heavy atom. The molecule has 0 saturated carbocycles. The van der Waals surface area contributed by atoms with E-state index in [4.69, 9.17) is 9.73 Å². The Balaban J connectivity index is 1.51. The van der Waals surface area contributed by atoms with Crippen molar-refractivity contribution in [1.29, 1.82) is 0 Å². The summed E-state index contributed by atoms with van der Waals surface area (Å²) in [7, 11) is 0. The molecule has 5 rings (SSSR count). The molecule has 30 heavy (non-hydrogen) atoms. The zero-order valence-electron chi connectivity index (χ0n) is 17.2. The maximum atomic E-state index is 13.4. The van der Waals surface area contributed by atoms with E-state index in [2.05, 4.69) is 32.9 Å². The molecule has 0 aromatic heterocycles. The number of ether oxygens (including phenoxy) is 1. The molecule has 0 spiro atoms. The van der Waals surface area contributed by atoms with Gasteiger partial charge in [0.05, 0.1) is 16.9 Å². The Morgan fingerprint density at radius 1 is 0.833 bits per heavy atom. The molecule has 2 aliphatic heterocycles. The van der Waals surface area contributed by atoms with E-state index in [-0.39, 0.29) is 5.91 Å². The van der Waals surface area contributed by atoms with Crippen LogP contribution in [0.15, 0.2) is 83.9 Å². The third kappa shape index (κ3) is 2.92. The molecule has 2 aliphatic rings. The monoisotopic (exact) mass is 394 g/mol. The van der Waals surface area contributed by atoms with Gasteiger partial charge in [0.1, 0.15) is 17.2 Å². The topological polar surface area (TPSA) is 41.9 Å². The SMILES string of the molecule is CC1=CC(C)(C)N2C(=O)C(=Nc3ccc(Oc4ccccc4)cc3)c3cccc1c32. The summed E-state index contributed by atoms with van der Waals surface area (Å²) in [6.45, 7) is 6.22. The normalized spacial score (nSPS) is 17.7. The number of carbonyl (C=O) groups is 1. The first-order valence-electron chi connectivity index (χ1n) is 10.0. The maximum absolute atomic E-state index is 13.4. The number of para-hydroxylation sites is 2. The van der Waals surface area contributed by atoms with Gasteiger partial charge in [0.2, 0.25) is 0 Å². The fourth-order valence-corrected chi connectivity index (χ4v) is 4.29. The lowest BCUT2D eigenvalue weighted by Gasteiger charge is -2.38. The van der Waals surface area contributed by atoms with Crippen LogP contribution in [-0.4, -0.2) is 17.2 Å². The lowest BCUT2D eigenvalue weighted by atomic mass is 9.89. The number of anilines is 1. The summed E-state index contributed by atoms with van der Waals surface area (Å²) in [6.07, 6.45) is 2.15. The van der Waals surface area contributed by atoms with Gasteiger partial charge < -0.3 is 4.74 Å². The average Bonchev–Trinajstić information content (AvgIpc) is 3.01. The standard InChI is InChI=1S/C26H22N2O2/c1-17-16-26(2,3)28-24-21(17)10-7-11-22(24)23(25(28)29)27-18-12-14-20(15-13-18)30-19-8-5-4-6-9-19/h4-16H,1-3H3. The number of benzene rings is 3. The van der Waals surface area contributed by atoms with Gasteiger partial charge in [-0.1, -0.05) is 42.5 Å². The zero-order chi connectivity index (χ0) is 20.9. The van der Waals surface area contributed by atoms with Crippen LogP contribution in [0.25, 0.3) is 5.57 Å². The molecule has 148 valence electrons. The molecule has 0 saturated heterocycles. The van der Waals surface area contributed by atoms with E-state index in [9.17, 15) is 4.79 Å². The number of carbonyl (C=O) groups excluding carboxylic acids is 1. The van der Waals surface area contributed by atoms with Gasteiger partial charge in [0, 0.05) is 11.1 Å². The van der Waals surface area contributed by atoms with Gasteiger partial charge in [-0.25, -0.2) is 4.99 Å². The lowest BCUT2D eigenvalue weighted by molar-refractivity contribution is -0.112. The molecule has 0 aliphatic carbocycles. The minimum Gasteiger partial charge on any atom is -0.457 e. The first-order valence-corrected chi connectivity index (χ1v) is 10.0. The maximum Gasteiger partial charge on any atom is 0.278 e. The van der Waals surface area contributed by atoms with Gasteiger partial charge in [-0.15, -0.1) is 0 Å². The van der Waals surface area contributed by atoms with Crippen molar-refractivity contribution in [2.75, 3.05) is 4.90 Å². The van der Waals surface area contributed by atoms with Crippen molar-refractivity contribution in [2.45, 2.75) is 26.3 Å². The highest BCUT2D eigenvalue weighted by atomic mass is 16.5. The summed E-state index contributed by atoms with van der Waals surface area (Å²) in [6, 6.07) is 23.2. The molecule has 3 aromatic rings. The summed E-state index contributed by atoms with van der Waals surface area (Å²) < 4.78 is 5.85. The Morgan fingerprint density at radius 3 is 2.23 bits per heavy atom. The predicted octanol–water partition coefficient (Wildman–Crippen LogP) is 6.14. The summed E-state index contributed by atoms with van der Waals surface area (Å²) in [5.74, 6) is 1.45. The lowest BCUT2D eigenvalue weighted by Crippen LogP contribution is -2.47. The largest absolute Gasteiger partial charge is 0.457 e. The summed E-state index contributed by atoms with van der Waals surface area (Å²) in [4.78, 5) is 20.0. The fraction of sp³-hybridized carbons (Fsp3) is 0.154. The van der Waals surface area contributed by atoms with Crippen molar-refractivity contribution >= 4 is 28.6 Å². The molecule has 0 radical (unpaired) electrons. The van der Waals surface area contributed by atoms with E-state index in [1.54, 1.807) is 0 Å². The third-order valence-electron chi connectivity index (χ3n) is 5.55. The first-order chi connectivity index (χ1) is 14.4. The Labute approximate surface area is 176 Å². The first kappa shape index (κ1) is 18.4. The molecule has 0 N–H and O–H groups in total. The van der Waals surface area contributed by atoms with Crippen LogP contribution in [-0.2, 0) is 4.79 Å². The Bertz CT molecular complexity index is 1210. The van der Waals surface area contributed by atoms with Crippen LogP contribution in [0.5, 0.6) is 11.5 Å². The summed E-state index contributed by atoms with van der Waals surface area (Å²) >= 11 is 0. The molecule has 3 aromatic carbocycles. The number of allylic oxidation sites excluding steroid dienone is 1. The second kappa shape index (κ2) is 6.70. The van der Waals surface area contributed by atoms with Crippen molar-refractivity contribution in [3.63, 3.8) is 0 Å². The fourth-order valence-electron chi connectivity index (χ4n) is 4.29. The highest BCUT2D eigenvalue weighted by molar-refractivity contribution is 6.55. The van der Waals surface area contributed by atoms with Gasteiger partial charge in [0.15, 0.2) is 0 Å². The van der Waals surface area contributed by atoms with Crippen molar-refractivity contribution < 1.29 is 9.53 Å². The number of hydrogen-bond acceptors (Lipinski definition) is 3. The molecule has 0 fully saturated rings. The second-order valence-electron chi connectivity index (χ2n) is 8.19. The van der Waals surface area contributed by atoms with Crippen molar-refractivity contribution in [1.82, 2.24) is 0 Å². The van der Waals surface area contributed by atoms with Gasteiger partial charge in [-0.3, -0.25) is 9.69 Å². The highest BCUT2D eigenvalue weighted by Gasteiger charge is 2.45. The molecule has 1 amide bonds. The predicted molar refractivity (Wildman–Crippen MR) is 121 cm³/mol. The van der Waals surface area contributed by atoms with E-state index >= 15 is 0 Å². The smallest absolute Gasteiger partial charge is 0.278 e. The second-order valence-corrected chi connectivity index (χ2v) is 8.19. The zero-order valence-corrected chi connectivity index (χ0v) is 17.2. The van der Waals surface area contributed by atoms with Crippen molar-refractivity contribution in [3.05, 3.63) is 90.0 Å². The molecule has 2 heterocycles. The molecule has 0 bridgehead atoms. The van der Waals surface area contributed by atoms with Gasteiger partial charge in [-0.2, -0.15) is 0 Å². The summed E-state index contributed by atoms with van der Waals surface area (Å²) in [5.41, 5.74) is 4.95. The van der Waals surface area contributed by atoms with Crippen LogP contribution < -0.4 is 9.64 Å². The van der Waals surface area contributed by atoms with Crippen LogP contribution in [0.3, 0.4) is 0 Å². The molecule has 0 unspecified atom stereocenters. The van der Waals surface area contributed by atoms with Gasteiger partial charge in [0.25, 0.3) is 5.91 Å². The molecule has 0 atom stereocenters. The van der Waals surface area contributed by atoms with Crippen LogP contribution in [0.1, 0.15) is 31.9 Å². The summed E-state index contributed by atoms with van der Waals surface area (Å²) in [5, 5.41) is 0. The number of rotatable bonds is 3. The minimum absolute atomic E-state index is 0.0594. The highest BCUT2D eigenvalue weighted by Crippen LogP contribution is 2.45. The minimum atomic E-state index is -0.394. The third-order valence-corrected chi connectivity index (χ3v) is 5.55. The van der Waals surface area contributed by atoms with Gasteiger partial charge >= 0.3 is 0 Å².